The number of likely N-dealkylation sites (N-methyl/N-ethyl adjacent to an activating group) is 1. The minimum atomic E-state index is -3.59. The molecule has 0 aliphatic carbocycles. The number of hydrogen-bond donors (Lipinski definition) is 3. The zero-order valence-corrected chi connectivity index (χ0v) is 16.6. The van der Waals surface area contributed by atoms with E-state index in [0.29, 0.717) is 19.6 Å². The van der Waals surface area contributed by atoms with Gasteiger partial charge in [-0.05, 0) is 31.2 Å². The smallest absolute Gasteiger partial charge is 0.251 e. The third-order valence-electron chi connectivity index (χ3n) is 3.69. The highest BCUT2D eigenvalue weighted by atomic mass is 32.2. The molecule has 0 spiro atoms. The molecular weight excluding hydrogens is 372 g/mol. The molecule has 3 N–H and O–H groups in total. The number of hydrogen-bond acceptors (Lipinski definition) is 5. The van der Waals surface area contributed by atoms with Crippen LogP contribution in [0, 0.1) is 0 Å². The Balaban J connectivity index is 2.62. The topological polar surface area (TPSA) is 125 Å². The number of amides is 3. The van der Waals surface area contributed by atoms with Gasteiger partial charge in [-0.1, -0.05) is 13.8 Å². The summed E-state index contributed by atoms with van der Waals surface area (Å²) in [5, 5.41) is 7.32. The molecule has 0 heterocycles. The molecule has 1 aromatic carbocycles. The highest BCUT2D eigenvalue weighted by Crippen LogP contribution is 2.16. The quantitative estimate of drug-likeness (QED) is 0.499. The first-order valence-corrected chi connectivity index (χ1v) is 10.1. The van der Waals surface area contributed by atoms with Gasteiger partial charge in [-0.3, -0.25) is 14.4 Å². The number of carbonyl (C=O) groups excluding carboxylic acids is 3. The van der Waals surface area contributed by atoms with Crippen molar-refractivity contribution in [3.8, 4) is 0 Å². The molecule has 0 atom stereocenters. The molecule has 0 aliphatic heterocycles. The molecule has 3 amide bonds. The number of rotatable bonds is 10. The fraction of sp³-hybridized carbons (Fsp3) is 0.471. The van der Waals surface area contributed by atoms with Gasteiger partial charge < -0.3 is 16.0 Å². The lowest BCUT2D eigenvalue weighted by molar-refractivity contribution is -0.125. The Morgan fingerprint density at radius 3 is 1.89 bits per heavy atom. The van der Waals surface area contributed by atoms with Gasteiger partial charge in [-0.15, -0.1) is 0 Å². The highest BCUT2D eigenvalue weighted by Gasteiger charge is 2.21. The van der Waals surface area contributed by atoms with Crippen LogP contribution >= 0.6 is 0 Å². The molecule has 9 nitrogen and oxygen atoms in total. The van der Waals surface area contributed by atoms with Crippen LogP contribution in [0.4, 0.5) is 0 Å². The molecule has 0 radical (unpaired) electrons. The first-order valence-electron chi connectivity index (χ1n) is 8.68. The van der Waals surface area contributed by atoms with Crippen LogP contribution < -0.4 is 16.0 Å². The van der Waals surface area contributed by atoms with Gasteiger partial charge in [0, 0.05) is 25.2 Å². The van der Waals surface area contributed by atoms with Gasteiger partial charge in [0.15, 0.2) is 0 Å². The lowest BCUT2D eigenvalue weighted by Crippen LogP contribution is -2.41. The molecule has 0 saturated carbocycles. The summed E-state index contributed by atoms with van der Waals surface area (Å²) in [6.45, 7) is 5.97. The Kier molecular flexibility index (Phi) is 8.89. The van der Waals surface area contributed by atoms with Gasteiger partial charge in [-0.2, -0.15) is 4.31 Å². The second-order valence-corrected chi connectivity index (χ2v) is 7.46. The molecule has 0 fully saturated rings. The van der Waals surface area contributed by atoms with E-state index in [2.05, 4.69) is 16.0 Å². The first kappa shape index (κ1) is 22.6. The summed E-state index contributed by atoms with van der Waals surface area (Å²) in [6.07, 6.45) is 0. The highest BCUT2D eigenvalue weighted by molar-refractivity contribution is 7.89. The van der Waals surface area contributed by atoms with E-state index in [1.807, 2.05) is 0 Å². The van der Waals surface area contributed by atoms with Crippen LogP contribution in [-0.4, -0.2) is 63.2 Å². The summed E-state index contributed by atoms with van der Waals surface area (Å²) >= 11 is 0. The van der Waals surface area contributed by atoms with Gasteiger partial charge in [-0.25, -0.2) is 8.42 Å². The summed E-state index contributed by atoms with van der Waals surface area (Å²) in [4.78, 5) is 35.0. The molecule has 0 aromatic heterocycles. The van der Waals surface area contributed by atoms with Crippen molar-refractivity contribution in [3.63, 3.8) is 0 Å². The third kappa shape index (κ3) is 6.65. The third-order valence-corrected chi connectivity index (χ3v) is 5.75. The van der Waals surface area contributed by atoms with Crippen molar-refractivity contribution < 1.29 is 22.8 Å². The molecular formula is C17H26N4O5S. The maximum absolute atomic E-state index is 12.4. The minimum Gasteiger partial charge on any atom is -0.355 e. The maximum Gasteiger partial charge on any atom is 0.251 e. The van der Waals surface area contributed by atoms with E-state index in [1.54, 1.807) is 20.8 Å². The summed E-state index contributed by atoms with van der Waals surface area (Å²) in [5.41, 5.74) is 0.227. The second-order valence-electron chi connectivity index (χ2n) is 5.53. The van der Waals surface area contributed by atoms with Crippen molar-refractivity contribution >= 4 is 27.7 Å². The fourth-order valence-corrected chi connectivity index (χ4v) is 3.71. The Morgan fingerprint density at radius 1 is 0.852 bits per heavy atom. The average molecular weight is 398 g/mol. The van der Waals surface area contributed by atoms with Crippen molar-refractivity contribution in [2.75, 3.05) is 32.7 Å². The first-order chi connectivity index (χ1) is 12.8. The zero-order valence-electron chi connectivity index (χ0n) is 15.7. The summed E-state index contributed by atoms with van der Waals surface area (Å²) in [7, 11) is -3.59. The predicted octanol–water partition coefficient (Wildman–Crippen LogP) is -0.301. The Labute approximate surface area is 159 Å². The Bertz CT molecular complexity index is 758. The maximum atomic E-state index is 12.4. The van der Waals surface area contributed by atoms with Crippen LogP contribution in [-0.2, 0) is 19.6 Å². The van der Waals surface area contributed by atoms with Crippen LogP contribution in [0.15, 0.2) is 29.2 Å². The van der Waals surface area contributed by atoms with Crippen LogP contribution in [0.3, 0.4) is 0 Å². The van der Waals surface area contributed by atoms with Crippen molar-refractivity contribution in [2.45, 2.75) is 25.7 Å². The largest absolute Gasteiger partial charge is 0.355 e. The summed E-state index contributed by atoms with van der Waals surface area (Å²) < 4.78 is 26.1. The second kappa shape index (κ2) is 10.6. The van der Waals surface area contributed by atoms with Crippen molar-refractivity contribution in [3.05, 3.63) is 29.8 Å². The zero-order chi connectivity index (χ0) is 20.4. The Morgan fingerprint density at radius 2 is 1.37 bits per heavy atom. The van der Waals surface area contributed by atoms with Gasteiger partial charge in [0.2, 0.25) is 21.8 Å². The fourth-order valence-electron chi connectivity index (χ4n) is 2.25. The van der Waals surface area contributed by atoms with Crippen LogP contribution in [0.1, 0.15) is 31.1 Å². The van der Waals surface area contributed by atoms with Gasteiger partial charge in [0.05, 0.1) is 18.0 Å². The van der Waals surface area contributed by atoms with Crippen molar-refractivity contribution in [1.29, 1.82) is 0 Å². The Hall–Kier alpha value is -2.46. The monoisotopic (exact) mass is 398 g/mol. The van der Waals surface area contributed by atoms with Crippen molar-refractivity contribution in [2.24, 2.45) is 0 Å². The van der Waals surface area contributed by atoms with E-state index in [0.717, 1.165) is 0 Å². The molecule has 150 valence electrons. The molecule has 0 aliphatic rings. The number of nitrogens with zero attached hydrogens (tertiary/aromatic N) is 1. The SMILES string of the molecule is CCNC(=O)CNC(=O)CNC(=O)c1ccc(S(=O)(=O)N(CC)CC)cc1. The minimum absolute atomic E-state index is 0.0995. The molecule has 1 rings (SSSR count). The molecule has 1 aromatic rings. The molecule has 0 bridgehead atoms. The normalized spacial score (nSPS) is 11.1. The van der Waals surface area contributed by atoms with E-state index in [1.165, 1.54) is 28.6 Å². The molecule has 10 heteroatoms. The number of benzene rings is 1. The lowest BCUT2D eigenvalue weighted by Gasteiger charge is -2.18. The van der Waals surface area contributed by atoms with E-state index in [9.17, 15) is 22.8 Å². The average Bonchev–Trinajstić information content (AvgIpc) is 2.65. The number of sulfonamides is 1. The number of nitrogens with one attached hydrogen (secondary N) is 3. The number of carbonyl (C=O) groups is 3. The van der Waals surface area contributed by atoms with E-state index >= 15 is 0 Å². The van der Waals surface area contributed by atoms with E-state index < -0.39 is 21.8 Å². The van der Waals surface area contributed by atoms with E-state index in [-0.39, 0.29) is 29.5 Å². The van der Waals surface area contributed by atoms with Crippen LogP contribution in [0.5, 0.6) is 0 Å². The lowest BCUT2D eigenvalue weighted by atomic mass is 10.2. The molecule has 0 unspecified atom stereocenters. The van der Waals surface area contributed by atoms with Gasteiger partial charge in [0.1, 0.15) is 0 Å². The molecule has 27 heavy (non-hydrogen) atoms. The standard InChI is InChI=1S/C17H26N4O5S/c1-4-18-15(22)11-19-16(23)12-20-17(24)13-7-9-14(10-8-13)27(25,26)21(5-2)6-3/h7-10H,4-6,11-12H2,1-3H3,(H,18,22)(H,19,23)(H,20,24). The van der Waals surface area contributed by atoms with Crippen LogP contribution in [0.25, 0.3) is 0 Å². The predicted molar refractivity (Wildman–Crippen MR) is 101 cm³/mol. The van der Waals surface area contributed by atoms with Gasteiger partial charge in [0.25, 0.3) is 5.91 Å². The summed E-state index contributed by atoms with van der Waals surface area (Å²) in [6, 6.07) is 5.49. The van der Waals surface area contributed by atoms with Gasteiger partial charge >= 0.3 is 0 Å². The summed E-state index contributed by atoms with van der Waals surface area (Å²) in [5.74, 6) is -1.34. The molecule has 0 saturated heterocycles. The van der Waals surface area contributed by atoms with E-state index in [4.69, 9.17) is 0 Å². The van der Waals surface area contributed by atoms with Crippen molar-refractivity contribution in [1.82, 2.24) is 20.3 Å². The van der Waals surface area contributed by atoms with Crippen LogP contribution in [0.2, 0.25) is 0 Å².